The molecule has 0 fully saturated rings. The summed E-state index contributed by atoms with van der Waals surface area (Å²) in [6.45, 7) is -1.75. The fourth-order valence-corrected chi connectivity index (χ4v) is 0. The quantitative estimate of drug-likeness (QED) is 0.446. The maximum atomic E-state index is 9.62. The van der Waals surface area contributed by atoms with Crippen molar-refractivity contribution in [2.45, 2.75) is 0 Å². The maximum absolute atomic E-state index is 9.62. The zero-order valence-corrected chi connectivity index (χ0v) is 5.55. The molecule has 0 unspecified atom stereocenters. The normalized spacial score (nSPS) is 4.80. The van der Waals surface area contributed by atoms with Gasteiger partial charge in [-0.1, -0.05) is 0 Å². The van der Waals surface area contributed by atoms with Crippen molar-refractivity contribution in [1.82, 2.24) is 0 Å². The van der Waals surface area contributed by atoms with Gasteiger partial charge in [-0.2, -0.15) is 0 Å². The van der Waals surface area contributed by atoms with E-state index >= 15 is 0 Å². The molecule has 0 amide bonds. The monoisotopic (exact) mass is 132 g/mol. The minimum absolute atomic E-state index is 0.125. The molecule has 0 atom stereocenters. The van der Waals surface area contributed by atoms with Crippen molar-refractivity contribution in [3.8, 4) is 0 Å². The van der Waals surface area contributed by atoms with Gasteiger partial charge in [-0.25, -0.2) is 8.78 Å². The first-order valence-electron chi connectivity index (χ1n) is 0.823. The second kappa shape index (κ2) is 28.0. The summed E-state index contributed by atoms with van der Waals surface area (Å²) in [7, 11) is 0. The van der Waals surface area contributed by atoms with Gasteiger partial charge in [0.1, 0.15) is 0 Å². The van der Waals surface area contributed by atoms with Crippen molar-refractivity contribution in [1.29, 1.82) is 0 Å². The van der Waals surface area contributed by atoms with Gasteiger partial charge in [0.05, 0.1) is 0 Å². The van der Waals surface area contributed by atoms with Gasteiger partial charge in [-0.3, -0.25) is 0 Å². The van der Waals surface area contributed by atoms with Crippen LogP contribution < -0.4 is 0 Å². The van der Waals surface area contributed by atoms with Gasteiger partial charge in [-0.05, 0) is 0 Å². The molecule has 0 saturated heterocycles. The van der Waals surface area contributed by atoms with Crippen LogP contribution in [0.2, 0.25) is 0 Å². The van der Waals surface area contributed by atoms with E-state index in [2.05, 4.69) is 0 Å². The predicted octanol–water partition coefficient (Wildman–Crippen LogP) is 0.762. The summed E-state index contributed by atoms with van der Waals surface area (Å²) in [5, 5.41) is 0. The number of alkyl halides is 2. The van der Waals surface area contributed by atoms with E-state index in [9.17, 15) is 8.78 Å². The number of halogens is 2. The fourth-order valence-electron chi connectivity index (χ4n) is 0. The van der Waals surface area contributed by atoms with E-state index in [-0.39, 0.29) is 18.3 Å². The molecule has 0 aromatic rings. The van der Waals surface area contributed by atoms with E-state index in [1.165, 1.54) is 0 Å². The van der Waals surface area contributed by atoms with Crippen LogP contribution in [0.1, 0.15) is 0 Å². The first-order chi connectivity index (χ1) is 2.41. The number of hydrogen-bond donors (Lipinski definition) is 0. The summed E-state index contributed by atoms with van der Waals surface area (Å²) in [4.78, 5) is 0. The zero-order valence-electron chi connectivity index (χ0n) is 2.58. The Hall–Kier alpha value is 0.283. The van der Waals surface area contributed by atoms with Crippen molar-refractivity contribution >= 4 is 0 Å². The molecule has 0 aliphatic rings. The molecule has 5 heavy (non-hydrogen) atoms. The van der Waals surface area contributed by atoms with Crippen LogP contribution in [0.5, 0.6) is 0 Å². The summed E-state index contributed by atoms with van der Waals surface area (Å²) < 4.78 is 27.6. The van der Waals surface area contributed by atoms with Gasteiger partial charge in [0.25, 0.3) is 0 Å². The molecule has 0 heterocycles. The van der Waals surface area contributed by atoms with Crippen molar-refractivity contribution in [2.75, 3.05) is 6.93 Å². The van der Waals surface area contributed by atoms with E-state index in [1.807, 2.05) is 0 Å². The van der Waals surface area contributed by atoms with Gasteiger partial charge in [-0.15, -0.1) is 0 Å². The van der Waals surface area contributed by atoms with Gasteiger partial charge in [0.2, 0.25) is 6.93 Å². The van der Waals surface area contributed by atoms with Gasteiger partial charge in [0.15, 0.2) is 0 Å². The zero-order chi connectivity index (χ0) is 4.71. The second-order valence-electron chi connectivity index (χ2n) is 0.101. The Labute approximate surface area is 38.3 Å². The van der Waals surface area contributed by atoms with E-state index in [4.69, 9.17) is 3.57 Å². The molecule has 0 spiro atoms. The molecule has 0 radical (unpaired) electrons. The number of hydrogen-bond acceptors (Lipinski definition) is 1. The van der Waals surface area contributed by atoms with Crippen LogP contribution in [0.25, 0.3) is 0 Å². The van der Waals surface area contributed by atoms with Crippen LogP contribution in [0.3, 0.4) is 0 Å². The van der Waals surface area contributed by atoms with Crippen LogP contribution in [-0.2, 0) is 21.8 Å². The third kappa shape index (κ3) is 278. The molecule has 28 valence electrons. The Morgan fingerprint density at radius 2 is 1.40 bits per heavy atom. The van der Waals surface area contributed by atoms with E-state index in [1.54, 1.807) is 0 Å². The Morgan fingerprint density at radius 3 is 1.40 bits per heavy atom. The third-order valence-corrected chi connectivity index (χ3v) is 0. The average molecular weight is 133 g/mol. The first kappa shape index (κ1) is 8.99. The van der Waals surface area contributed by atoms with Gasteiger partial charge in [0, 0.05) is 0 Å². The topological polar surface area (TPSA) is 17.1 Å². The summed E-state index contributed by atoms with van der Waals surface area (Å²) >= 11 is 0.125. The molecule has 0 saturated carbocycles. The standard InChI is InChI=1S/CH2F2.O.Zn/c2-1-3;;/h1H2;;. The third-order valence-electron chi connectivity index (χ3n) is 0. The van der Waals surface area contributed by atoms with Crippen molar-refractivity contribution in [3.05, 3.63) is 0 Å². The summed E-state index contributed by atoms with van der Waals surface area (Å²) in [6.07, 6.45) is 0. The average Bonchev–Trinajstić information content (AvgIpc) is 1.46. The van der Waals surface area contributed by atoms with Crippen molar-refractivity contribution in [2.24, 2.45) is 0 Å². The molecule has 0 aliphatic heterocycles. The fraction of sp³-hybridized carbons (Fsp3) is 1.00. The number of rotatable bonds is 0. The van der Waals surface area contributed by atoms with Gasteiger partial charge < -0.3 is 0 Å². The Kier molecular flexibility index (Phi) is 50.4. The Bertz CT molecular complexity index is 13.6. The second-order valence-corrected chi connectivity index (χ2v) is 0.101. The summed E-state index contributed by atoms with van der Waals surface area (Å²) in [5.41, 5.74) is 0. The summed E-state index contributed by atoms with van der Waals surface area (Å²) in [5.74, 6) is 0. The molecular weight excluding hydrogens is 131 g/mol. The molecule has 0 aliphatic carbocycles. The molecule has 0 rings (SSSR count). The first-order valence-corrected chi connectivity index (χ1v) is 2.03. The Balaban J connectivity index is 0. The predicted molar refractivity (Wildman–Crippen MR) is 7.77 cm³/mol. The van der Waals surface area contributed by atoms with Crippen LogP contribution in [0.15, 0.2) is 0 Å². The molecule has 0 aromatic carbocycles. The minimum atomic E-state index is -1.75. The summed E-state index contributed by atoms with van der Waals surface area (Å²) in [6, 6.07) is 0. The molecule has 0 N–H and O–H groups in total. The SMILES string of the molecule is FCF.[O]=[Zn]. The van der Waals surface area contributed by atoms with Crippen molar-refractivity contribution < 1.29 is 30.6 Å². The van der Waals surface area contributed by atoms with Crippen LogP contribution >= 0.6 is 0 Å². The van der Waals surface area contributed by atoms with Crippen LogP contribution in [0, 0.1) is 0 Å². The van der Waals surface area contributed by atoms with Gasteiger partial charge >= 0.3 is 21.8 Å². The Morgan fingerprint density at radius 1 is 1.40 bits per heavy atom. The molecule has 4 heteroatoms. The van der Waals surface area contributed by atoms with Crippen LogP contribution in [-0.4, -0.2) is 6.93 Å². The molecule has 0 aromatic heterocycles. The van der Waals surface area contributed by atoms with Crippen LogP contribution in [0.4, 0.5) is 8.78 Å². The van der Waals surface area contributed by atoms with E-state index in [0.29, 0.717) is 0 Å². The molecular formula is CH2F2OZn. The molecule has 1 nitrogen and oxygen atoms in total. The van der Waals surface area contributed by atoms with E-state index in [0.717, 1.165) is 0 Å². The van der Waals surface area contributed by atoms with Crippen molar-refractivity contribution in [3.63, 3.8) is 0 Å². The van der Waals surface area contributed by atoms with E-state index < -0.39 is 6.93 Å². The molecule has 0 bridgehead atoms.